The van der Waals surface area contributed by atoms with E-state index in [-0.39, 0.29) is 36.4 Å². The van der Waals surface area contributed by atoms with E-state index in [9.17, 15) is 4.79 Å². The number of hydrogen-bond donors (Lipinski definition) is 3. The summed E-state index contributed by atoms with van der Waals surface area (Å²) in [5.74, 6) is 1.31. The van der Waals surface area contributed by atoms with Crippen LogP contribution in [0.25, 0.3) is 0 Å². The van der Waals surface area contributed by atoms with Crippen molar-refractivity contribution in [2.45, 2.75) is 51.2 Å². The summed E-state index contributed by atoms with van der Waals surface area (Å²) in [6.45, 7) is 1.96. The second kappa shape index (κ2) is 15.3. The standard InChI is InChI=1S/C21H34N4O3.HI/c1-22-21(23-13-14-28-19-7-5-3-4-6-8-19)25-16-20(26)24-15-17-9-11-18(27-2)12-10-17;/h9-12,19H,3-8,13-16H2,1-2H3,(H,24,26)(H2,22,23,25);1H. The van der Waals surface area contributed by atoms with Crippen LogP contribution in [-0.2, 0) is 16.1 Å². The minimum Gasteiger partial charge on any atom is -0.497 e. The zero-order chi connectivity index (χ0) is 20.0. The van der Waals surface area contributed by atoms with Gasteiger partial charge in [-0.25, -0.2) is 0 Å². The number of guanidine groups is 1. The van der Waals surface area contributed by atoms with Gasteiger partial charge in [0.05, 0.1) is 26.4 Å². The quantitative estimate of drug-likeness (QED) is 0.154. The van der Waals surface area contributed by atoms with Crippen molar-refractivity contribution in [2.24, 2.45) is 4.99 Å². The van der Waals surface area contributed by atoms with Crippen molar-refractivity contribution in [3.63, 3.8) is 0 Å². The Bertz CT molecular complexity index is 602. The summed E-state index contributed by atoms with van der Waals surface area (Å²) in [5, 5.41) is 9.09. The Morgan fingerprint density at radius 1 is 1.07 bits per heavy atom. The van der Waals surface area contributed by atoms with Crippen molar-refractivity contribution < 1.29 is 14.3 Å². The minimum absolute atomic E-state index is 0. The van der Waals surface area contributed by atoms with Gasteiger partial charge in [0.2, 0.25) is 5.91 Å². The molecule has 7 nitrogen and oxygen atoms in total. The maximum atomic E-state index is 12.0. The Balaban J connectivity index is 0.00000420. The van der Waals surface area contributed by atoms with Gasteiger partial charge in [0.15, 0.2) is 5.96 Å². The topological polar surface area (TPSA) is 84.0 Å². The highest BCUT2D eigenvalue weighted by Gasteiger charge is 2.12. The lowest BCUT2D eigenvalue weighted by molar-refractivity contribution is -0.120. The molecule has 0 unspecified atom stereocenters. The first-order chi connectivity index (χ1) is 13.7. The molecule has 164 valence electrons. The second-order valence-electron chi connectivity index (χ2n) is 6.96. The molecule has 0 bridgehead atoms. The Morgan fingerprint density at radius 3 is 2.38 bits per heavy atom. The molecule has 8 heteroatoms. The van der Waals surface area contributed by atoms with Crippen LogP contribution in [0.3, 0.4) is 0 Å². The fourth-order valence-electron chi connectivity index (χ4n) is 3.19. The largest absolute Gasteiger partial charge is 0.497 e. The zero-order valence-corrected chi connectivity index (χ0v) is 19.9. The molecule has 1 amide bonds. The molecule has 0 atom stereocenters. The first-order valence-electron chi connectivity index (χ1n) is 10.2. The van der Waals surface area contributed by atoms with Crippen LogP contribution < -0.4 is 20.7 Å². The fourth-order valence-corrected chi connectivity index (χ4v) is 3.19. The molecule has 1 fully saturated rings. The number of carbonyl (C=O) groups excluding carboxylic acids is 1. The lowest BCUT2D eigenvalue weighted by Gasteiger charge is -2.16. The number of aliphatic imine (C=N–C) groups is 1. The number of ether oxygens (including phenoxy) is 2. The predicted molar refractivity (Wildman–Crippen MR) is 127 cm³/mol. The number of benzene rings is 1. The maximum Gasteiger partial charge on any atom is 0.239 e. The smallest absolute Gasteiger partial charge is 0.239 e. The van der Waals surface area contributed by atoms with E-state index in [4.69, 9.17) is 9.47 Å². The third-order valence-electron chi connectivity index (χ3n) is 4.84. The molecule has 29 heavy (non-hydrogen) atoms. The Kier molecular flexibility index (Phi) is 13.5. The first kappa shape index (κ1) is 25.5. The van der Waals surface area contributed by atoms with Crippen LogP contribution in [0.4, 0.5) is 0 Å². The summed E-state index contributed by atoms with van der Waals surface area (Å²) < 4.78 is 11.1. The van der Waals surface area contributed by atoms with Gasteiger partial charge in [-0.15, -0.1) is 24.0 Å². The molecule has 1 aliphatic carbocycles. The number of nitrogens with zero attached hydrogens (tertiary/aromatic N) is 1. The monoisotopic (exact) mass is 518 g/mol. The van der Waals surface area contributed by atoms with E-state index in [0.29, 0.717) is 31.8 Å². The average Bonchev–Trinajstić information content (AvgIpc) is 3.01. The normalized spacial score (nSPS) is 15.0. The van der Waals surface area contributed by atoms with Gasteiger partial charge in [-0.2, -0.15) is 0 Å². The predicted octanol–water partition coefficient (Wildman–Crippen LogP) is 2.83. The fraction of sp³-hybridized carbons (Fsp3) is 0.619. The summed E-state index contributed by atoms with van der Waals surface area (Å²) in [5.41, 5.74) is 1.02. The Hall–Kier alpha value is -1.55. The summed E-state index contributed by atoms with van der Waals surface area (Å²) >= 11 is 0. The highest BCUT2D eigenvalue weighted by molar-refractivity contribution is 14.0. The van der Waals surface area contributed by atoms with Crippen molar-refractivity contribution in [1.29, 1.82) is 0 Å². The van der Waals surface area contributed by atoms with Gasteiger partial charge in [0.25, 0.3) is 0 Å². The van der Waals surface area contributed by atoms with Crippen molar-refractivity contribution in [3.8, 4) is 5.75 Å². The molecule has 1 aliphatic rings. The van der Waals surface area contributed by atoms with E-state index >= 15 is 0 Å². The highest BCUT2D eigenvalue weighted by atomic mass is 127. The maximum absolute atomic E-state index is 12.0. The highest BCUT2D eigenvalue weighted by Crippen LogP contribution is 2.19. The van der Waals surface area contributed by atoms with Crippen LogP contribution >= 0.6 is 24.0 Å². The molecule has 2 rings (SSSR count). The summed E-state index contributed by atoms with van der Waals surface area (Å²) in [6, 6.07) is 7.62. The second-order valence-corrected chi connectivity index (χ2v) is 6.96. The number of carbonyl (C=O) groups is 1. The van der Waals surface area contributed by atoms with Crippen molar-refractivity contribution in [2.75, 3.05) is 33.9 Å². The van der Waals surface area contributed by atoms with Crippen molar-refractivity contribution >= 4 is 35.8 Å². The van der Waals surface area contributed by atoms with E-state index in [1.165, 1.54) is 38.5 Å². The average molecular weight is 518 g/mol. The third kappa shape index (κ3) is 10.7. The number of methoxy groups -OCH3 is 1. The third-order valence-corrected chi connectivity index (χ3v) is 4.84. The van der Waals surface area contributed by atoms with Gasteiger partial charge in [-0.1, -0.05) is 37.8 Å². The lowest BCUT2D eigenvalue weighted by atomic mass is 10.1. The van der Waals surface area contributed by atoms with E-state index < -0.39 is 0 Å². The van der Waals surface area contributed by atoms with Crippen LogP contribution in [0.1, 0.15) is 44.1 Å². The van der Waals surface area contributed by atoms with E-state index in [1.807, 2.05) is 24.3 Å². The van der Waals surface area contributed by atoms with Crippen LogP contribution in [-0.4, -0.2) is 51.8 Å². The van der Waals surface area contributed by atoms with Crippen LogP contribution in [0.2, 0.25) is 0 Å². The van der Waals surface area contributed by atoms with Gasteiger partial charge in [-0.05, 0) is 30.5 Å². The number of nitrogens with one attached hydrogen (secondary N) is 3. The summed E-state index contributed by atoms with van der Waals surface area (Å²) in [6.07, 6.45) is 7.93. The van der Waals surface area contributed by atoms with Gasteiger partial charge in [0, 0.05) is 20.1 Å². The molecule has 0 radical (unpaired) electrons. The zero-order valence-electron chi connectivity index (χ0n) is 17.5. The molecule has 1 saturated carbocycles. The van der Waals surface area contributed by atoms with Gasteiger partial charge in [0.1, 0.15) is 5.75 Å². The molecule has 3 N–H and O–H groups in total. The van der Waals surface area contributed by atoms with Gasteiger partial charge in [-0.3, -0.25) is 9.79 Å². The van der Waals surface area contributed by atoms with Crippen LogP contribution in [0.15, 0.2) is 29.3 Å². The van der Waals surface area contributed by atoms with Gasteiger partial charge >= 0.3 is 0 Å². The summed E-state index contributed by atoms with van der Waals surface area (Å²) in [7, 11) is 3.32. The molecular formula is C21H35IN4O3. The Morgan fingerprint density at radius 2 is 1.76 bits per heavy atom. The molecule has 0 aliphatic heterocycles. The first-order valence-corrected chi connectivity index (χ1v) is 10.2. The van der Waals surface area contributed by atoms with Crippen LogP contribution in [0, 0.1) is 0 Å². The van der Waals surface area contributed by atoms with Crippen molar-refractivity contribution in [1.82, 2.24) is 16.0 Å². The molecule has 0 heterocycles. The molecule has 1 aromatic carbocycles. The van der Waals surface area contributed by atoms with E-state index in [0.717, 1.165) is 11.3 Å². The minimum atomic E-state index is -0.0894. The van der Waals surface area contributed by atoms with Gasteiger partial charge < -0.3 is 25.4 Å². The Labute approximate surface area is 191 Å². The number of halogens is 1. The molecule has 0 aromatic heterocycles. The SMILES string of the molecule is CN=C(NCCOC1CCCCCC1)NCC(=O)NCc1ccc(OC)cc1.I. The number of rotatable bonds is 9. The molecule has 0 spiro atoms. The van der Waals surface area contributed by atoms with E-state index in [1.54, 1.807) is 14.2 Å². The molecule has 1 aromatic rings. The number of hydrogen-bond acceptors (Lipinski definition) is 4. The van der Waals surface area contributed by atoms with Crippen molar-refractivity contribution in [3.05, 3.63) is 29.8 Å². The van der Waals surface area contributed by atoms with Crippen LogP contribution in [0.5, 0.6) is 5.75 Å². The molecular weight excluding hydrogens is 483 g/mol. The summed E-state index contributed by atoms with van der Waals surface area (Å²) in [4.78, 5) is 16.2. The lowest BCUT2D eigenvalue weighted by Crippen LogP contribution is -2.44. The number of amides is 1. The van der Waals surface area contributed by atoms with E-state index in [2.05, 4.69) is 20.9 Å². The molecule has 0 saturated heterocycles.